The maximum absolute atomic E-state index is 15.1. The lowest BCUT2D eigenvalue weighted by molar-refractivity contribution is 0.0945. The first-order chi connectivity index (χ1) is 18.6. The van der Waals surface area contributed by atoms with E-state index in [1.54, 1.807) is 29.3 Å². The van der Waals surface area contributed by atoms with Crippen molar-refractivity contribution in [2.75, 3.05) is 32.2 Å². The van der Waals surface area contributed by atoms with Crippen LogP contribution >= 0.6 is 0 Å². The van der Waals surface area contributed by atoms with Gasteiger partial charge in [0.15, 0.2) is 11.6 Å². The Balaban J connectivity index is 1.33. The Hall–Kier alpha value is -4.46. The lowest BCUT2D eigenvalue weighted by Gasteiger charge is -2.14. The standard InChI is InChI=1S/C24H27FN10O3/c1-37-14-19-18(13-34(30-19)12-16-9-27-24(28-10-16)33-7-3-4-8-33)23(36)26-11-17-20(35-15-29-31-32-35)5-6-21(38-2)22(17)25/h5-6,9-10,13,15H,3-4,7-8,11-12,14H2,1-2H3,(H,26,36). The monoisotopic (exact) mass is 522 g/mol. The molecular formula is C24H27FN10O3. The number of carbonyl (C=O) groups excluding carboxylic acids is 1. The van der Waals surface area contributed by atoms with E-state index >= 15 is 4.39 Å². The highest BCUT2D eigenvalue weighted by atomic mass is 19.1. The summed E-state index contributed by atoms with van der Waals surface area (Å²) in [5.41, 5.74) is 2.15. The molecule has 4 aromatic rings. The van der Waals surface area contributed by atoms with Crippen LogP contribution in [0.5, 0.6) is 5.75 Å². The van der Waals surface area contributed by atoms with Gasteiger partial charge in [0.25, 0.3) is 5.91 Å². The highest BCUT2D eigenvalue weighted by Crippen LogP contribution is 2.26. The molecule has 0 bridgehead atoms. The summed E-state index contributed by atoms with van der Waals surface area (Å²) in [6.07, 6.45) is 8.80. The number of rotatable bonds is 10. The first-order valence-corrected chi connectivity index (χ1v) is 12.1. The maximum Gasteiger partial charge on any atom is 0.255 e. The Morgan fingerprint density at radius 2 is 1.95 bits per heavy atom. The fourth-order valence-corrected chi connectivity index (χ4v) is 4.34. The second-order valence-electron chi connectivity index (χ2n) is 8.72. The van der Waals surface area contributed by atoms with E-state index < -0.39 is 11.7 Å². The van der Waals surface area contributed by atoms with Gasteiger partial charge < -0.3 is 19.7 Å². The molecule has 1 aromatic carbocycles. The van der Waals surface area contributed by atoms with E-state index in [9.17, 15) is 4.79 Å². The molecule has 0 aliphatic carbocycles. The number of halogens is 1. The van der Waals surface area contributed by atoms with Crippen molar-refractivity contribution in [1.29, 1.82) is 0 Å². The number of benzene rings is 1. The molecule has 1 fully saturated rings. The molecule has 1 N–H and O–H groups in total. The summed E-state index contributed by atoms with van der Waals surface area (Å²) in [6.45, 7) is 2.30. The molecule has 0 atom stereocenters. The predicted molar refractivity (Wildman–Crippen MR) is 132 cm³/mol. The van der Waals surface area contributed by atoms with Crippen molar-refractivity contribution in [3.8, 4) is 11.4 Å². The van der Waals surface area contributed by atoms with Gasteiger partial charge in [0.2, 0.25) is 5.95 Å². The Morgan fingerprint density at radius 1 is 1.16 bits per heavy atom. The van der Waals surface area contributed by atoms with Crippen LogP contribution in [0, 0.1) is 5.82 Å². The number of methoxy groups -OCH3 is 2. The molecule has 38 heavy (non-hydrogen) atoms. The van der Waals surface area contributed by atoms with Crippen LogP contribution in [-0.4, -0.2) is 73.2 Å². The zero-order chi connectivity index (χ0) is 26.5. The molecule has 4 heterocycles. The third kappa shape index (κ3) is 5.29. The van der Waals surface area contributed by atoms with Gasteiger partial charge in [0, 0.05) is 56.5 Å². The van der Waals surface area contributed by atoms with Crippen LogP contribution in [0.2, 0.25) is 0 Å². The van der Waals surface area contributed by atoms with Crippen LogP contribution in [-0.2, 0) is 24.4 Å². The molecule has 1 aliphatic heterocycles. The third-order valence-electron chi connectivity index (χ3n) is 6.21. The minimum absolute atomic E-state index is 0.0388. The van der Waals surface area contributed by atoms with Gasteiger partial charge in [-0.25, -0.2) is 19.0 Å². The van der Waals surface area contributed by atoms with Crippen molar-refractivity contribution in [2.24, 2.45) is 0 Å². The van der Waals surface area contributed by atoms with Crippen molar-refractivity contribution in [2.45, 2.75) is 32.5 Å². The van der Waals surface area contributed by atoms with Gasteiger partial charge in [-0.3, -0.25) is 9.48 Å². The highest BCUT2D eigenvalue weighted by Gasteiger charge is 2.21. The Labute approximate surface area is 217 Å². The summed E-state index contributed by atoms with van der Waals surface area (Å²) < 4.78 is 28.4. The molecule has 0 saturated carbocycles. The number of hydrogen-bond acceptors (Lipinski definition) is 10. The van der Waals surface area contributed by atoms with E-state index in [1.165, 1.54) is 31.3 Å². The number of nitrogens with zero attached hydrogens (tertiary/aromatic N) is 9. The average Bonchev–Trinajstić information content (AvgIpc) is 3.71. The summed E-state index contributed by atoms with van der Waals surface area (Å²) >= 11 is 0. The van der Waals surface area contributed by atoms with Crippen molar-refractivity contribution in [1.82, 2.24) is 45.3 Å². The largest absolute Gasteiger partial charge is 0.494 e. The van der Waals surface area contributed by atoms with E-state index in [4.69, 9.17) is 9.47 Å². The second-order valence-corrected chi connectivity index (χ2v) is 8.72. The number of ether oxygens (including phenoxy) is 2. The number of hydrogen-bond donors (Lipinski definition) is 1. The van der Waals surface area contributed by atoms with Crippen LogP contribution in [0.15, 0.2) is 37.1 Å². The summed E-state index contributed by atoms with van der Waals surface area (Å²) in [5.74, 6) is -0.297. The number of carbonyl (C=O) groups is 1. The first-order valence-electron chi connectivity index (χ1n) is 12.1. The summed E-state index contributed by atoms with van der Waals surface area (Å²) in [7, 11) is 2.89. The molecule has 1 aliphatic rings. The van der Waals surface area contributed by atoms with Crippen molar-refractivity contribution in [3.05, 3.63) is 65.3 Å². The molecule has 13 nitrogen and oxygen atoms in total. The van der Waals surface area contributed by atoms with Crippen LogP contribution < -0.4 is 15.0 Å². The molecule has 3 aromatic heterocycles. The van der Waals surface area contributed by atoms with E-state index in [-0.39, 0.29) is 24.5 Å². The molecule has 5 rings (SSSR count). The van der Waals surface area contributed by atoms with Gasteiger partial charge in [0.05, 0.1) is 31.5 Å². The number of tetrazole rings is 1. The molecule has 1 saturated heterocycles. The zero-order valence-corrected chi connectivity index (χ0v) is 21.0. The topological polar surface area (TPSA) is 138 Å². The summed E-state index contributed by atoms with van der Waals surface area (Å²) in [6, 6.07) is 3.09. The maximum atomic E-state index is 15.1. The average molecular weight is 523 g/mol. The Morgan fingerprint density at radius 3 is 2.63 bits per heavy atom. The minimum atomic E-state index is -0.619. The fraction of sp³-hybridized carbons (Fsp3) is 0.375. The summed E-state index contributed by atoms with van der Waals surface area (Å²) in [5, 5.41) is 18.3. The quantitative estimate of drug-likeness (QED) is 0.326. The van der Waals surface area contributed by atoms with Gasteiger partial charge in [-0.15, -0.1) is 5.10 Å². The number of aromatic nitrogens is 8. The molecule has 1 amide bonds. The molecule has 0 radical (unpaired) electrons. The number of nitrogens with one attached hydrogen (secondary N) is 1. The van der Waals surface area contributed by atoms with E-state index in [0.717, 1.165) is 37.4 Å². The molecule has 14 heteroatoms. The normalized spacial score (nSPS) is 13.2. The smallest absolute Gasteiger partial charge is 0.255 e. The second kappa shape index (κ2) is 11.3. The molecule has 0 unspecified atom stereocenters. The first kappa shape index (κ1) is 25.2. The van der Waals surface area contributed by atoms with Gasteiger partial charge in [0.1, 0.15) is 12.0 Å². The zero-order valence-electron chi connectivity index (χ0n) is 21.0. The lowest BCUT2D eigenvalue weighted by atomic mass is 10.1. The Kier molecular flexibility index (Phi) is 7.49. The van der Waals surface area contributed by atoms with Crippen LogP contribution in [0.4, 0.5) is 10.3 Å². The number of amides is 1. The summed E-state index contributed by atoms with van der Waals surface area (Å²) in [4.78, 5) is 24.3. The lowest BCUT2D eigenvalue weighted by Crippen LogP contribution is -2.25. The van der Waals surface area contributed by atoms with Crippen LogP contribution in [0.1, 0.15) is 40.0 Å². The van der Waals surface area contributed by atoms with Gasteiger partial charge in [-0.2, -0.15) is 5.10 Å². The number of anilines is 1. The van der Waals surface area contributed by atoms with Crippen molar-refractivity contribution < 1.29 is 18.7 Å². The van der Waals surface area contributed by atoms with Gasteiger partial charge >= 0.3 is 0 Å². The Bertz CT molecular complexity index is 1390. The van der Waals surface area contributed by atoms with Crippen molar-refractivity contribution >= 4 is 11.9 Å². The highest BCUT2D eigenvalue weighted by molar-refractivity contribution is 5.95. The van der Waals surface area contributed by atoms with Crippen molar-refractivity contribution in [3.63, 3.8) is 0 Å². The van der Waals surface area contributed by atoms with Gasteiger partial charge in [-0.1, -0.05) is 0 Å². The van der Waals surface area contributed by atoms with Gasteiger partial charge in [-0.05, 0) is 35.4 Å². The van der Waals surface area contributed by atoms with E-state index in [0.29, 0.717) is 23.5 Å². The molecule has 0 spiro atoms. The molecule has 198 valence electrons. The van der Waals surface area contributed by atoms with Crippen LogP contribution in [0.25, 0.3) is 5.69 Å². The van der Waals surface area contributed by atoms with E-state index in [1.807, 2.05) is 0 Å². The minimum Gasteiger partial charge on any atom is -0.494 e. The van der Waals surface area contributed by atoms with Crippen LogP contribution in [0.3, 0.4) is 0 Å². The van der Waals surface area contributed by atoms with E-state index in [2.05, 4.69) is 40.8 Å². The SMILES string of the molecule is COCc1nn(Cc2cnc(N3CCCC3)nc2)cc1C(=O)NCc1c(-n2cnnn2)ccc(OC)c1F. The molecular weight excluding hydrogens is 495 g/mol. The fourth-order valence-electron chi connectivity index (χ4n) is 4.34. The predicted octanol–water partition coefficient (Wildman–Crippen LogP) is 1.52. The third-order valence-corrected chi connectivity index (χ3v) is 6.21.